The lowest BCUT2D eigenvalue weighted by atomic mass is 9.96. The molecule has 1 aliphatic carbocycles. The first kappa shape index (κ1) is 25.9. The number of carbonyl (C=O) groups excluding carboxylic acids is 2. The van der Waals surface area contributed by atoms with Crippen molar-refractivity contribution in [2.45, 2.75) is 51.3 Å². The summed E-state index contributed by atoms with van der Waals surface area (Å²) in [7, 11) is 1.56. The molecule has 1 aliphatic heterocycles. The lowest BCUT2D eigenvalue weighted by molar-refractivity contribution is -0.144. The summed E-state index contributed by atoms with van der Waals surface area (Å²) in [6.07, 6.45) is 6.36. The predicted octanol–water partition coefficient (Wildman–Crippen LogP) is 3.01. The number of hydrogen-bond acceptors (Lipinski definition) is 8. The summed E-state index contributed by atoms with van der Waals surface area (Å²) in [5.74, 6) is 0.484. The Hall–Kier alpha value is -3.21. The van der Waals surface area contributed by atoms with E-state index in [1.807, 2.05) is 18.2 Å². The lowest BCUT2D eigenvalue weighted by Crippen LogP contribution is -2.45. The molecule has 2 aromatic rings. The smallest absolute Gasteiger partial charge is 0.243 e. The molecule has 2 bridgehead atoms. The van der Waals surface area contributed by atoms with Gasteiger partial charge in [-0.3, -0.25) is 14.4 Å². The van der Waals surface area contributed by atoms with Crippen molar-refractivity contribution in [2.75, 3.05) is 25.3 Å². The molecule has 2 N–H and O–H groups in total. The van der Waals surface area contributed by atoms with Gasteiger partial charge in [0, 0.05) is 23.0 Å². The number of ether oxygens (including phenoxy) is 1. The van der Waals surface area contributed by atoms with Crippen molar-refractivity contribution in [2.24, 2.45) is 0 Å². The topological polar surface area (TPSA) is 117 Å². The van der Waals surface area contributed by atoms with E-state index in [9.17, 15) is 14.7 Å². The fourth-order valence-electron chi connectivity index (χ4n) is 4.33. The van der Waals surface area contributed by atoms with Crippen LogP contribution in [0.5, 0.6) is 5.75 Å². The second-order valence-electron chi connectivity index (χ2n) is 8.70. The summed E-state index contributed by atoms with van der Waals surface area (Å²) in [5.41, 5.74) is 1.44. The number of rotatable bonds is 2. The third kappa shape index (κ3) is 5.95. The minimum absolute atomic E-state index is 0.196. The number of benzene rings is 1. The largest absolute Gasteiger partial charge is 0.494 e. The fourth-order valence-corrected chi connectivity index (χ4v) is 4.57. The first-order chi connectivity index (χ1) is 17.4. The fraction of sp³-hybridized carbons (Fsp3) is 0.440. The second-order valence-corrected chi connectivity index (χ2v) is 9.19. The van der Waals surface area contributed by atoms with E-state index < -0.39 is 12.1 Å². The number of nitrogens with one attached hydrogen (secondary N) is 1. The molecule has 36 heavy (non-hydrogen) atoms. The van der Waals surface area contributed by atoms with E-state index in [0.29, 0.717) is 54.5 Å². The summed E-state index contributed by atoms with van der Waals surface area (Å²) in [6, 6.07) is 5.27. The molecule has 2 amide bonds. The number of fused-ring (bicyclic) bond motifs is 2. The predicted molar refractivity (Wildman–Crippen MR) is 135 cm³/mol. The van der Waals surface area contributed by atoms with Crippen molar-refractivity contribution in [3.63, 3.8) is 0 Å². The zero-order chi connectivity index (χ0) is 25.7. The van der Waals surface area contributed by atoms with Crippen molar-refractivity contribution in [1.82, 2.24) is 20.2 Å². The van der Waals surface area contributed by atoms with Crippen LogP contribution < -0.4 is 15.1 Å². The summed E-state index contributed by atoms with van der Waals surface area (Å²) < 4.78 is 5.94. The Kier molecular flexibility index (Phi) is 8.40. The molecule has 0 spiro atoms. The number of aromatic nitrogens is 2. The molecule has 2 atom stereocenters. The lowest BCUT2D eigenvalue weighted by Gasteiger charge is -2.34. The number of nitrogens with zero attached hydrogens (tertiary/aromatic N) is 4. The van der Waals surface area contributed by atoms with E-state index in [4.69, 9.17) is 21.2 Å². The van der Waals surface area contributed by atoms with E-state index in [1.165, 1.54) is 13.3 Å². The van der Waals surface area contributed by atoms with Gasteiger partial charge in [0.05, 0.1) is 25.3 Å². The number of carbonyl (C=O) groups is 2. The molecule has 0 saturated carbocycles. The van der Waals surface area contributed by atoms with Gasteiger partial charge in [-0.15, -0.1) is 0 Å². The van der Waals surface area contributed by atoms with E-state index in [0.717, 1.165) is 15.8 Å². The van der Waals surface area contributed by atoms with Crippen molar-refractivity contribution < 1.29 is 24.3 Å². The van der Waals surface area contributed by atoms with E-state index in [1.54, 1.807) is 24.4 Å². The van der Waals surface area contributed by atoms with Gasteiger partial charge in [0.25, 0.3) is 0 Å². The Morgan fingerprint density at radius 3 is 2.86 bits per heavy atom. The van der Waals surface area contributed by atoms with Crippen LogP contribution in [0, 0.1) is 0 Å². The average Bonchev–Trinajstić information content (AvgIpc) is 2.86. The quantitative estimate of drug-likeness (QED) is 0.627. The molecular formula is C25H30ClN5O5. The Bertz CT molecular complexity index is 1180. The summed E-state index contributed by atoms with van der Waals surface area (Å²) in [4.78, 5) is 41.2. The van der Waals surface area contributed by atoms with Crippen LogP contribution in [0.25, 0.3) is 10.9 Å². The molecule has 0 fully saturated rings. The van der Waals surface area contributed by atoms with E-state index in [-0.39, 0.29) is 24.9 Å². The first-order valence-corrected chi connectivity index (χ1v) is 12.3. The summed E-state index contributed by atoms with van der Waals surface area (Å²) in [6.45, 7) is 1.60. The minimum atomic E-state index is -1.10. The standard InChI is InChI=1S/C25H30ClN5O5/c1-16(32)30-14-23(33)27-13-17-11-18(26)6-9-22(17)31(35-2)25-20-12-19(7-8-21(20)28-15-29-25)36-10-4-3-5-24(30)34/h7-8,11-13,15-16,22,32H,3-6,9-10,14H2,1-2H3,(H,27,33). The van der Waals surface area contributed by atoms with Gasteiger partial charge in [-0.1, -0.05) is 11.6 Å². The van der Waals surface area contributed by atoms with Gasteiger partial charge in [0.2, 0.25) is 11.8 Å². The van der Waals surface area contributed by atoms with Crippen LogP contribution in [0.3, 0.4) is 0 Å². The van der Waals surface area contributed by atoms with Crippen LogP contribution in [0.2, 0.25) is 0 Å². The minimum Gasteiger partial charge on any atom is -0.494 e. The highest BCUT2D eigenvalue weighted by Gasteiger charge is 2.29. The maximum atomic E-state index is 12.7. The molecule has 192 valence electrons. The number of amides is 2. The molecule has 2 aliphatic rings. The second kappa shape index (κ2) is 11.7. The van der Waals surface area contributed by atoms with Crippen LogP contribution in [0.1, 0.15) is 39.0 Å². The Morgan fingerprint density at radius 1 is 1.25 bits per heavy atom. The van der Waals surface area contributed by atoms with Crippen LogP contribution in [0.4, 0.5) is 5.82 Å². The summed E-state index contributed by atoms with van der Waals surface area (Å²) in [5, 5.41) is 15.9. The molecule has 1 aromatic heterocycles. The number of hydroxylamine groups is 1. The van der Waals surface area contributed by atoms with Crippen LogP contribution in [-0.2, 0) is 14.4 Å². The van der Waals surface area contributed by atoms with Crippen LogP contribution in [-0.4, -0.2) is 64.3 Å². The van der Waals surface area contributed by atoms with Crippen LogP contribution in [0.15, 0.2) is 47.4 Å². The molecule has 4 rings (SSSR count). The third-order valence-electron chi connectivity index (χ3n) is 6.18. The van der Waals surface area contributed by atoms with Gasteiger partial charge < -0.3 is 20.1 Å². The molecule has 1 aromatic carbocycles. The normalized spacial score (nSPS) is 21.1. The maximum Gasteiger partial charge on any atom is 0.243 e. The third-order valence-corrected chi connectivity index (χ3v) is 6.48. The van der Waals surface area contributed by atoms with Crippen molar-refractivity contribution >= 4 is 40.1 Å². The molecule has 0 radical (unpaired) electrons. The molecule has 11 heteroatoms. The van der Waals surface area contributed by atoms with Gasteiger partial charge >= 0.3 is 0 Å². The highest BCUT2D eigenvalue weighted by molar-refractivity contribution is 6.29. The first-order valence-electron chi connectivity index (χ1n) is 11.9. The SMILES string of the molecule is CON1c2ncnc3ccc(cc23)OCCCCC(=O)N(C(C)O)CC(=O)NC=C2C=C(Cl)CCC21. The van der Waals surface area contributed by atoms with Crippen molar-refractivity contribution in [3.8, 4) is 5.75 Å². The Balaban J connectivity index is 1.75. The number of halogens is 1. The van der Waals surface area contributed by atoms with E-state index in [2.05, 4.69) is 15.3 Å². The molecule has 10 nitrogen and oxygen atoms in total. The molecule has 0 saturated heterocycles. The van der Waals surface area contributed by atoms with Gasteiger partial charge in [-0.2, -0.15) is 0 Å². The van der Waals surface area contributed by atoms with E-state index >= 15 is 0 Å². The van der Waals surface area contributed by atoms with Crippen molar-refractivity contribution in [3.05, 3.63) is 47.4 Å². The molecular weight excluding hydrogens is 486 g/mol. The summed E-state index contributed by atoms with van der Waals surface area (Å²) >= 11 is 6.35. The molecule has 2 heterocycles. The Labute approximate surface area is 214 Å². The van der Waals surface area contributed by atoms with Gasteiger partial charge in [0.15, 0.2) is 5.82 Å². The number of allylic oxidation sites excluding steroid dienone is 1. The number of hydrogen-bond donors (Lipinski definition) is 2. The van der Waals surface area contributed by atoms with Gasteiger partial charge in [-0.05, 0) is 62.5 Å². The Morgan fingerprint density at radius 2 is 2.08 bits per heavy atom. The van der Waals surface area contributed by atoms with Gasteiger partial charge in [-0.25, -0.2) is 15.0 Å². The van der Waals surface area contributed by atoms with Crippen molar-refractivity contribution in [1.29, 1.82) is 0 Å². The zero-order valence-corrected chi connectivity index (χ0v) is 21.1. The average molecular weight is 516 g/mol. The number of aliphatic hydroxyl groups excluding tert-OH is 1. The van der Waals surface area contributed by atoms with Gasteiger partial charge in [0.1, 0.15) is 24.8 Å². The highest BCUT2D eigenvalue weighted by Crippen LogP contribution is 2.34. The number of anilines is 1. The molecule has 2 unspecified atom stereocenters. The monoisotopic (exact) mass is 515 g/mol. The maximum absolute atomic E-state index is 12.7. The van der Waals surface area contributed by atoms with Crippen LogP contribution >= 0.6 is 11.6 Å². The highest BCUT2D eigenvalue weighted by atomic mass is 35.5. The zero-order valence-electron chi connectivity index (χ0n) is 20.3. The number of aliphatic hydroxyl groups is 1.